The summed E-state index contributed by atoms with van der Waals surface area (Å²) in [5.74, 6) is -5.02. The highest BCUT2D eigenvalue weighted by atomic mass is 16.4. The fraction of sp³-hybridized carbons (Fsp3) is 0.556. The van der Waals surface area contributed by atoms with Crippen LogP contribution >= 0.6 is 0 Å². The molecule has 1 aliphatic rings. The van der Waals surface area contributed by atoms with E-state index in [-0.39, 0.29) is 0 Å². The summed E-state index contributed by atoms with van der Waals surface area (Å²) in [6.07, 6.45) is 0.305. The van der Waals surface area contributed by atoms with Gasteiger partial charge in [-0.3, -0.25) is 19.5 Å². The zero-order valence-electron chi connectivity index (χ0n) is 15.7. The standard InChI is InChI=1S/C12H18N2.C6H8O7/c1-9-6-7-11(10(2)13-9)12-5-4-8-14(12)3;7-3(8)1-6(13,5(11)12)2-4(9)10/h6-7,12H,4-5,8H2,1-3H3;13H,1-2H2,(H,7,8)(H,9,10)(H,11,12)/t12-;/m0./s1. The van der Waals surface area contributed by atoms with E-state index in [4.69, 9.17) is 20.4 Å². The van der Waals surface area contributed by atoms with E-state index < -0.39 is 36.4 Å². The van der Waals surface area contributed by atoms with E-state index in [9.17, 15) is 14.4 Å². The Kier molecular flexibility index (Phi) is 7.86. The molecule has 1 aliphatic heterocycles. The molecule has 0 bridgehead atoms. The van der Waals surface area contributed by atoms with E-state index in [1.165, 1.54) is 30.6 Å². The molecule has 0 aliphatic carbocycles. The molecule has 0 spiro atoms. The molecule has 1 atom stereocenters. The molecule has 1 aromatic rings. The minimum atomic E-state index is -2.74. The van der Waals surface area contributed by atoms with Crippen LogP contribution in [0.2, 0.25) is 0 Å². The van der Waals surface area contributed by atoms with E-state index in [2.05, 4.69) is 42.9 Å². The maximum absolute atomic E-state index is 10.3. The third-order valence-corrected chi connectivity index (χ3v) is 4.43. The number of aromatic nitrogens is 1. The molecule has 1 fully saturated rings. The quantitative estimate of drug-likeness (QED) is 0.569. The van der Waals surface area contributed by atoms with Crippen molar-refractivity contribution in [2.75, 3.05) is 13.6 Å². The smallest absolute Gasteiger partial charge is 0.336 e. The predicted octanol–water partition coefficient (Wildman–Crippen LogP) is 1.22. The van der Waals surface area contributed by atoms with Gasteiger partial charge in [-0.15, -0.1) is 0 Å². The number of aliphatic hydroxyl groups is 1. The molecular weight excluding hydrogens is 356 g/mol. The average molecular weight is 382 g/mol. The fourth-order valence-corrected chi connectivity index (χ4v) is 3.07. The maximum Gasteiger partial charge on any atom is 0.336 e. The highest BCUT2D eigenvalue weighted by Crippen LogP contribution is 2.31. The van der Waals surface area contributed by atoms with Crippen LogP contribution in [0.5, 0.6) is 0 Å². The molecule has 2 heterocycles. The molecule has 0 amide bonds. The lowest BCUT2D eigenvalue weighted by molar-refractivity contribution is -0.170. The van der Waals surface area contributed by atoms with Crippen molar-refractivity contribution in [2.45, 2.75) is 51.2 Å². The van der Waals surface area contributed by atoms with Gasteiger partial charge in [0.05, 0.1) is 12.8 Å². The molecular formula is C18H26N2O7. The zero-order chi connectivity index (χ0) is 20.8. The van der Waals surface area contributed by atoms with Gasteiger partial charge in [-0.05, 0) is 51.9 Å². The number of hydrogen-bond donors (Lipinski definition) is 4. The Balaban J connectivity index is 0.000000271. The molecule has 4 N–H and O–H groups in total. The first-order chi connectivity index (χ1) is 12.5. The topological polar surface area (TPSA) is 148 Å². The molecule has 0 aromatic carbocycles. The van der Waals surface area contributed by atoms with Crippen molar-refractivity contribution in [3.05, 3.63) is 29.1 Å². The van der Waals surface area contributed by atoms with Gasteiger partial charge in [-0.1, -0.05) is 6.07 Å². The minimum absolute atomic E-state index is 0.600. The lowest BCUT2D eigenvalue weighted by Gasteiger charge is -2.21. The molecule has 1 aromatic heterocycles. The van der Waals surface area contributed by atoms with Gasteiger partial charge in [-0.2, -0.15) is 0 Å². The Morgan fingerprint density at radius 3 is 2.07 bits per heavy atom. The number of carbonyl (C=O) groups is 3. The molecule has 9 heteroatoms. The number of aliphatic carboxylic acids is 3. The number of hydrogen-bond acceptors (Lipinski definition) is 6. The Hall–Kier alpha value is -2.52. The Labute approximate surface area is 157 Å². The second-order valence-corrected chi connectivity index (χ2v) is 6.74. The third-order valence-electron chi connectivity index (χ3n) is 4.43. The fourth-order valence-electron chi connectivity index (χ4n) is 3.07. The van der Waals surface area contributed by atoms with E-state index in [0.717, 1.165) is 5.69 Å². The summed E-state index contributed by atoms with van der Waals surface area (Å²) in [4.78, 5) is 37.4. The second kappa shape index (κ2) is 9.43. The summed E-state index contributed by atoms with van der Waals surface area (Å²) in [5.41, 5.74) is 0.990. The van der Waals surface area contributed by atoms with Crippen molar-refractivity contribution >= 4 is 17.9 Å². The number of pyridine rings is 1. The lowest BCUT2D eigenvalue weighted by Crippen LogP contribution is -2.42. The minimum Gasteiger partial charge on any atom is -0.481 e. The van der Waals surface area contributed by atoms with Gasteiger partial charge in [0.1, 0.15) is 0 Å². The molecule has 9 nitrogen and oxygen atoms in total. The van der Waals surface area contributed by atoms with Crippen LogP contribution in [-0.2, 0) is 14.4 Å². The van der Waals surface area contributed by atoms with Gasteiger partial charge in [0.15, 0.2) is 5.60 Å². The first-order valence-electron chi connectivity index (χ1n) is 8.50. The van der Waals surface area contributed by atoms with Crippen molar-refractivity contribution in [2.24, 2.45) is 0 Å². The molecule has 1 saturated heterocycles. The van der Waals surface area contributed by atoms with Gasteiger partial charge >= 0.3 is 17.9 Å². The van der Waals surface area contributed by atoms with E-state index >= 15 is 0 Å². The molecule has 0 saturated carbocycles. The van der Waals surface area contributed by atoms with Gasteiger partial charge < -0.3 is 20.4 Å². The number of carboxylic acids is 3. The normalized spacial score (nSPS) is 17.1. The van der Waals surface area contributed by atoms with Crippen LogP contribution in [0.1, 0.15) is 48.7 Å². The summed E-state index contributed by atoms with van der Waals surface area (Å²) in [6, 6.07) is 4.96. The van der Waals surface area contributed by atoms with Crippen LogP contribution < -0.4 is 0 Å². The van der Waals surface area contributed by atoms with Crippen molar-refractivity contribution in [3.8, 4) is 0 Å². The summed E-state index contributed by atoms with van der Waals surface area (Å²) in [5, 5.41) is 33.8. The summed E-state index contributed by atoms with van der Waals surface area (Å²) in [6.45, 7) is 5.39. The number of carboxylic acid groups (broad SMARTS) is 3. The molecule has 0 unspecified atom stereocenters. The van der Waals surface area contributed by atoms with Crippen LogP contribution in [-0.4, -0.2) is 67.4 Å². The van der Waals surface area contributed by atoms with E-state index in [1.807, 2.05) is 0 Å². The molecule has 0 radical (unpaired) electrons. The Morgan fingerprint density at radius 1 is 1.15 bits per heavy atom. The number of likely N-dealkylation sites (tertiary alicyclic amines) is 1. The van der Waals surface area contributed by atoms with Gasteiger partial charge in [0, 0.05) is 17.4 Å². The largest absolute Gasteiger partial charge is 0.481 e. The van der Waals surface area contributed by atoms with Crippen LogP contribution in [0.3, 0.4) is 0 Å². The van der Waals surface area contributed by atoms with Gasteiger partial charge in [0.2, 0.25) is 0 Å². The molecule has 27 heavy (non-hydrogen) atoms. The van der Waals surface area contributed by atoms with Crippen molar-refractivity contribution in [1.29, 1.82) is 0 Å². The third kappa shape index (κ3) is 6.61. The lowest BCUT2D eigenvalue weighted by atomic mass is 9.96. The second-order valence-electron chi connectivity index (χ2n) is 6.74. The summed E-state index contributed by atoms with van der Waals surface area (Å²) < 4.78 is 0. The highest BCUT2D eigenvalue weighted by molar-refractivity contribution is 5.88. The highest BCUT2D eigenvalue weighted by Gasteiger charge is 2.40. The van der Waals surface area contributed by atoms with Crippen molar-refractivity contribution in [1.82, 2.24) is 9.88 Å². The van der Waals surface area contributed by atoms with Crippen molar-refractivity contribution in [3.63, 3.8) is 0 Å². The maximum atomic E-state index is 10.3. The van der Waals surface area contributed by atoms with Crippen LogP contribution in [0.4, 0.5) is 0 Å². The number of rotatable bonds is 6. The first kappa shape index (κ1) is 22.5. The molecule has 150 valence electrons. The SMILES string of the molecule is Cc1ccc([C@@H]2CCCN2C)c(C)n1.O=C(O)CC(O)(CC(=O)O)C(=O)O. The van der Waals surface area contributed by atoms with Crippen LogP contribution in [0.15, 0.2) is 12.1 Å². The average Bonchev–Trinajstić information content (AvgIpc) is 2.92. The first-order valence-corrected chi connectivity index (χ1v) is 8.50. The van der Waals surface area contributed by atoms with E-state index in [1.54, 1.807) is 0 Å². The monoisotopic (exact) mass is 382 g/mol. The van der Waals surface area contributed by atoms with Crippen LogP contribution in [0, 0.1) is 13.8 Å². The van der Waals surface area contributed by atoms with Crippen molar-refractivity contribution < 1.29 is 34.8 Å². The van der Waals surface area contributed by atoms with E-state index in [0.29, 0.717) is 6.04 Å². The number of nitrogens with zero attached hydrogens (tertiary/aromatic N) is 2. The number of aryl methyl sites for hydroxylation is 2. The molecule has 2 rings (SSSR count). The zero-order valence-corrected chi connectivity index (χ0v) is 15.7. The Bertz CT molecular complexity index is 689. The summed E-state index contributed by atoms with van der Waals surface area (Å²) >= 11 is 0. The predicted molar refractivity (Wildman–Crippen MR) is 95.4 cm³/mol. The Morgan fingerprint density at radius 2 is 1.70 bits per heavy atom. The van der Waals surface area contributed by atoms with Gasteiger partial charge in [0.25, 0.3) is 0 Å². The van der Waals surface area contributed by atoms with Crippen LogP contribution in [0.25, 0.3) is 0 Å². The summed E-state index contributed by atoms with van der Waals surface area (Å²) in [7, 11) is 2.21. The van der Waals surface area contributed by atoms with Gasteiger partial charge in [-0.25, -0.2) is 4.79 Å².